The minimum Gasteiger partial charge on any atom is -0.491 e. The summed E-state index contributed by atoms with van der Waals surface area (Å²) in [5, 5.41) is 0.653. The van der Waals surface area contributed by atoms with Crippen LogP contribution in [-0.4, -0.2) is 61.2 Å². The molecule has 0 saturated carbocycles. The second kappa shape index (κ2) is 9.19. The normalized spacial score (nSPS) is 21.5. The highest BCUT2D eigenvalue weighted by atomic mass is 35.5. The highest BCUT2D eigenvalue weighted by molar-refractivity contribution is 6.30. The molecule has 2 aromatic carbocycles. The van der Waals surface area contributed by atoms with Gasteiger partial charge in [0.2, 0.25) is 0 Å². The summed E-state index contributed by atoms with van der Waals surface area (Å²) in [6.07, 6.45) is 1.04. The molecule has 0 spiro atoms. The summed E-state index contributed by atoms with van der Waals surface area (Å²) in [6, 6.07) is 12.4. The van der Waals surface area contributed by atoms with Crippen LogP contribution in [0.3, 0.4) is 0 Å². The Morgan fingerprint density at radius 3 is 2.45 bits per heavy atom. The van der Waals surface area contributed by atoms with Gasteiger partial charge in [0.1, 0.15) is 12.4 Å². The SMILES string of the molecule is COCCOc1ccc([C@H](C)N2C[C@@H]3C[C@H]2CN3C(=O)c2ccc(Cl)cc2)c(C)c1C. The molecule has 2 aromatic rings. The van der Waals surface area contributed by atoms with Crippen LogP contribution in [0.2, 0.25) is 5.02 Å². The lowest BCUT2D eigenvalue weighted by molar-refractivity contribution is 0.0569. The Kier molecular flexibility index (Phi) is 6.56. The molecule has 5 nitrogen and oxygen atoms in total. The summed E-state index contributed by atoms with van der Waals surface area (Å²) in [5.74, 6) is 1.04. The van der Waals surface area contributed by atoms with Gasteiger partial charge in [0, 0.05) is 48.9 Å². The van der Waals surface area contributed by atoms with Crippen LogP contribution in [0.15, 0.2) is 36.4 Å². The van der Waals surface area contributed by atoms with Crippen molar-refractivity contribution in [3.63, 3.8) is 0 Å². The van der Waals surface area contributed by atoms with Gasteiger partial charge in [-0.25, -0.2) is 0 Å². The molecule has 0 aliphatic carbocycles. The predicted molar refractivity (Wildman–Crippen MR) is 123 cm³/mol. The van der Waals surface area contributed by atoms with Gasteiger partial charge in [0.05, 0.1) is 6.61 Å². The molecule has 2 fully saturated rings. The van der Waals surface area contributed by atoms with E-state index in [1.165, 1.54) is 16.7 Å². The molecule has 0 aromatic heterocycles. The quantitative estimate of drug-likeness (QED) is 0.586. The van der Waals surface area contributed by atoms with Gasteiger partial charge in [0.15, 0.2) is 0 Å². The zero-order valence-corrected chi connectivity index (χ0v) is 19.5. The molecule has 6 heteroatoms. The van der Waals surface area contributed by atoms with E-state index in [4.69, 9.17) is 21.1 Å². The van der Waals surface area contributed by atoms with Gasteiger partial charge in [0.25, 0.3) is 5.91 Å². The van der Waals surface area contributed by atoms with Crippen molar-refractivity contribution >= 4 is 17.5 Å². The number of ether oxygens (including phenoxy) is 2. The summed E-state index contributed by atoms with van der Waals surface area (Å²) in [7, 11) is 1.68. The molecule has 2 bridgehead atoms. The number of piperazine rings is 1. The fourth-order valence-electron chi connectivity index (χ4n) is 5.02. The predicted octanol–water partition coefficient (Wildman–Crippen LogP) is 4.64. The van der Waals surface area contributed by atoms with E-state index in [1.807, 2.05) is 17.0 Å². The van der Waals surface area contributed by atoms with E-state index in [9.17, 15) is 4.79 Å². The van der Waals surface area contributed by atoms with Crippen LogP contribution in [-0.2, 0) is 4.74 Å². The number of halogens is 1. The summed E-state index contributed by atoms with van der Waals surface area (Å²) in [6.45, 7) is 9.41. The third kappa shape index (κ3) is 4.32. The molecular formula is C25H31ClN2O3. The molecule has 0 unspecified atom stereocenters. The van der Waals surface area contributed by atoms with E-state index in [0.717, 1.165) is 25.3 Å². The minimum atomic E-state index is 0.112. The van der Waals surface area contributed by atoms with Crippen LogP contribution < -0.4 is 4.74 Å². The van der Waals surface area contributed by atoms with E-state index >= 15 is 0 Å². The fourth-order valence-corrected chi connectivity index (χ4v) is 5.14. The molecule has 2 heterocycles. The first kappa shape index (κ1) is 22.1. The van der Waals surface area contributed by atoms with E-state index < -0.39 is 0 Å². The van der Waals surface area contributed by atoms with E-state index in [0.29, 0.717) is 35.9 Å². The fraction of sp³-hybridized carbons (Fsp3) is 0.480. The Bertz CT molecular complexity index is 947. The Morgan fingerprint density at radius 2 is 1.81 bits per heavy atom. The Morgan fingerprint density at radius 1 is 1.06 bits per heavy atom. The van der Waals surface area contributed by atoms with Gasteiger partial charge in [-0.1, -0.05) is 17.7 Å². The molecule has 2 saturated heterocycles. The molecule has 3 atom stereocenters. The maximum Gasteiger partial charge on any atom is 0.254 e. The number of methoxy groups -OCH3 is 1. The number of fused-ring (bicyclic) bond motifs is 2. The van der Waals surface area contributed by atoms with Crippen molar-refractivity contribution in [3.05, 3.63) is 63.7 Å². The first-order valence-corrected chi connectivity index (χ1v) is 11.3. The van der Waals surface area contributed by atoms with Gasteiger partial charge in [-0.3, -0.25) is 9.69 Å². The second-order valence-corrected chi connectivity index (χ2v) is 9.06. The third-order valence-corrected chi connectivity index (χ3v) is 7.16. The molecule has 1 amide bonds. The number of nitrogens with zero attached hydrogens (tertiary/aromatic N) is 2. The van der Waals surface area contributed by atoms with Gasteiger partial charge >= 0.3 is 0 Å². The van der Waals surface area contributed by atoms with Gasteiger partial charge < -0.3 is 14.4 Å². The maximum atomic E-state index is 13.0. The summed E-state index contributed by atoms with van der Waals surface area (Å²) < 4.78 is 11.0. The number of likely N-dealkylation sites (tertiary alicyclic amines) is 2. The van der Waals surface area contributed by atoms with Crippen LogP contribution in [0.5, 0.6) is 5.75 Å². The number of hydrogen-bond acceptors (Lipinski definition) is 4. The molecule has 0 radical (unpaired) electrons. The van der Waals surface area contributed by atoms with Crippen molar-refractivity contribution in [2.45, 2.75) is 45.3 Å². The van der Waals surface area contributed by atoms with Crippen LogP contribution >= 0.6 is 11.6 Å². The highest BCUT2D eigenvalue weighted by Gasteiger charge is 2.47. The topological polar surface area (TPSA) is 42.0 Å². The van der Waals surface area contributed by atoms with Gasteiger partial charge in [-0.15, -0.1) is 0 Å². The molecule has 31 heavy (non-hydrogen) atoms. The molecule has 0 N–H and O–H groups in total. The average Bonchev–Trinajstić information content (AvgIpc) is 3.38. The number of carbonyl (C=O) groups is 1. The molecule has 2 aliphatic heterocycles. The van der Waals surface area contributed by atoms with Crippen LogP contribution in [0.1, 0.15) is 46.4 Å². The number of rotatable bonds is 7. The summed E-state index contributed by atoms with van der Waals surface area (Å²) in [4.78, 5) is 17.6. The van der Waals surface area contributed by atoms with Gasteiger partial charge in [-0.2, -0.15) is 0 Å². The van der Waals surface area contributed by atoms with Crippen molar-refractivity contribution in [1.82, 2.24) is 9.80 Å². The lowest BCUT2D eigenvalue weighted by atomic mass is 9.96. The van der Waals surface area contributed by atoms with Crippen molar-refractivity contribution in [1.29, 1.82) is 0 Å². The summed E-state index contributed by atoms with van der Waals surface area (Å²) >= 11 is 5.97. The van der Waals surface area contributed by atoms with E-state index in [-0.39, 0.29) is 11.9 Å². The Labute approximate surface area is 189 Å². The average molecular weight is 443 g/mol. The molecule has 2 aliphatic rings. The van der Waals surface area contributed by atoms with Crippen molar-refractivity contribution in [2.24, 2.45) is 0 Å². The van der Waals surface area contributed by atoms with Crippen LogP contribution in [0.25, 0.3) is 0 Å². The highest BCUT2D eigenvalue weighted by Crippen LogP contribution is 2.39. The Balaban J connectivity index is 1.44. The van der Waals surface area contributed by atoms with Crippen molar-refractivity contribution < 1.29 is 14.3 Å². The monoisotopic (exact) mass is 442 g/mol. The van der Waals surface area contributed by atoms with Gasteiger partial charge in [-0.05, 0) is 74.2 Å². The van der Waals surface area contributed by atoms with E-state index in [1.54, 1.807) is 19.2 Å². The smallest absolute Gasteiger partial charge is 0.254 e. The first-order chi connectivity index (χ1) is 14.9. The van der Waals surface area contributed by atoms with Crippen LogP contribution in [0, 0.1) is 13.8 Å². The zero-order valence-electron chi connectivity index (χ0n) is 18.7. The standard InChI is InChI=1S/C25H31ClN2O3/c1-16-17(2)24(31-12-11-30-4)10-9-23(16)18(3)27-14-22-13-21(27)15-28(22)25(29)19-5-7-20(26)8-6-19/h5-10,18,21-22H,11-15H2,1-4H3/t18-,21-,22-/m0/s1. The molecule has 4 rings (SSSR count). The maximum absolute atomic E-state index is 13.0. The largest absolute Gasteiger partial charge is 0.491 e. The minimum absolute atomic E-state index is 0.112. The van der Waals surface area contributed by atoms with Crippen molar-refractivity contribution in [3.8, 4) is 5.75 Å². The van der Waals surface area contributed by atoms with Crippen LogP contribution in [0.4, 0.5) is 0 Å². The lowest BCUT2D eigenvalue weighted by Crippen LogP contribution is -2.49. The lowest BCUT2D eigenvalue weighted by Gasteiger charge is -2.38. The second-order valence-electron chi connectivity index (χ2n) is 8.62. The zero-order chi connectivity index (χ0) is 22.1. The Hall–Kier alpha value is -2.08. The third-order valence-electron chi connectivity index (χ3n) is 6.91. The van der Waals surface area contributed by atoms with Crippen molar-refractivity contribution in [2.75, 3.05) is 33.4 Å². The number of hydrogen-bond donors (Lipinski definition) is 0. The molecule has 166 valence electrons. The first-order valence-electron chi connectivity index (χ1n) is 10.9. The van der Waals surface area contributed by atoms with E-state index in [2.05, 4.69) is 37.8 Å². The summed E-state index contributed by atoms with van der Waals surface area (Å²) in [5.41, 5.74) is 4.51. The number of carbonyl (C=O) groups excluding carboxylic acids is 1. The number of amides is 1. The molecular weight excluding hydrogens is 412 g/mol. The number of benzene rings is 2.